The molecule has 0 atom stereocenters. The van der Waals surface area contributed by atoms with Gasteiger partial charge in [-0.3, -0.25) is 0 Å². The molecule has 0 unspecified atom stereocenters. The quantitative estimate of drug-likeness (QED) is 0.696. The van der Waals surface area contributed by atoms with E-state index in [1.54, 1.807) is 30.3 Å². The maximum atomic E-state index is 13.6. The molecule has 2 aromatic carbocycles. The predicted molar refractivity (Wildman–Crippen MR) is 76.0 cm³/mol. The van der Waals surface area contributed by atoms with Crippen LogP contribution in [0.15, 0.2) is 41.6 Å². The summed E-state index contributed by atoms with van der Waals surface area (Å²) >= 11 is 5.94. The minimum Gasteiger partial charge on any atom is -0.489 e. The number of hydrogen-bond donors (Lipinski definition) is 1. The zero-order chi connectivity index (χ0) is 14.8. The van der Waals surface area contributed by atoms with E-state index < -0.39 is 5.82 Å². The van der Waals surface area contributed by atoms with Gasteiger partial charge in [-0.2, -0.15) is 0 Å². The summed E-state index contributed by atoms with van der Waals surface area (Å²) in [6.45, 7) is 0.236. The molecule has 3 rings (SSSR count). The maximum Gasteiger partial charge on any atom is 0.134 e. The van der Waals surface area contributed by atoms with Crippen LogP contribution in [0.1, 0.15) is 11.1 Å². The number of fused-ring (bicyclic) bond motifs is 1. The molecule has 0 amide bonds. The molecular formula is C15H11ClFNO3. The first-order valence-electron chi connectivity index (χ1n) is 6.23. The van der Waals surface area contributed by atoms with Gasteiger partial charge in [-0.1, -0.05) is 22.8 Å². The fourth-order valence-corrected chi connectivity index (χ4v) is 2.30. The number of hydrogen-bond acceptors (Lipinski definition) is 4. The van der Waals surface area contributed by atoms with Gasteiger partial charge in [0.15, 0.2) is 0 Å². The Bertz CT molecular complexity index is 698. The summed E-state index contributed by atoms with van der Waals surface area (Å²) in [5.74, 6) is 0.682. The number of ether oxygens (including phenoxy) is 2. The molecule has 0 bridgehead atoms. The van der Waals surface area contributed by atoms with Crippen LogP contribution in [-0.4, -0.2) is 17.5 Å². The van der Waals surface area contributed by atoms with E-state index >= 15 is 0 Å². The van der Waals surface area contributed by atoms with Crippen LogP contribution in [0.4, 0.5) is 4.39 Å². The SMILES string of the molecule is ON=C1COc2cc(OCc3c(F)cccc3Cl)ccc21. The fraction of sp³-hybridized carbons (Fsp3) is 0.133. The third-order valence-electron chi connectivity index (χ3n) is 3.19. The Labute approximate surface area is 125 Å². The predicted octanol–water partition coefficient (Wildman–Crippen LogP) is 3.63. The normalized spacial score (nSPS) is 14.9. The second kappa shape index (κ2) is 5.61. The van der Waals surface area contributed by atoms with E-state index in [4.69, 9.17) is 26.3 Å². The molecule has 2 aromatic rings. The van der Waals surface area contributed by atoms with E-state index in [1.807, 2.05) is 0 Å². The van der Waals surface area contributed by atoms with Gasteiger partial charge in [-0.25, -0.2) is 4.39 Å². The van der Waals surface area contributed by atoms with E-state index in [9.17, 15) is 4.39 Å². The monoisotopic (exact) mass is 307 g/mol. The van der Waals surface area contributed by atoms with Crippen molar-refractivity contribution in [3.63, 3.8) is 0 Å². The average molecular weight is 308 g/mol. The lowest BCUT2D eigenvalue weighted by atomic mass is 10.1. The van der Waals surface area contributed by atoms with E-state index in [2.05, 4.69) is 5.16 Å². The summed E-state index contributed by atoms with van der Waals surface area (Å²) in [6.07, 6.45) is 0. The zero-order valence-electron chi connectivity index (χ0n) is 10.8. The Hall–Kier alpha value is -2.27. The highest BCUT2D eigenvalue weighted by Crippen LogP contribution is 2.30. The largest absolute Gasteiger partial charge is 0.489 e. The van der Waals surface area contributed by atoms with Gasteiger partial charge in [-0.15, -0.1) is 0 Å². The number of benzene rings is 2. The standard InChI is InChI=1S/C15H11ClFNO3/c16-12-2-1-3-13(17)11(12)7-20-9-4-5-10-14(18-19)8-21-15(10)6-9/h1-6,19H,7-8H2. The summed E-state index contributed by atoms with van der Waals surface area (Å²) in [6, 6.07) is 9.59. The van der Waals surface area contributed by atoms with Crippen LogP contribution < -0.4 is 9.47 Å². The Kier molecular flexibility index (Phi) is 3.66. The van der Waals surface area contributed by atoms with Gasteiger partial charge in [0, 0.05) is 17.2 Å². The van der Waals surface area contributed by atoms with Gasteiger partial charge in [0.2, 0.25) is 0 Å². The maximum absolute atomic E-state index is 13.6. The van der Waals surface area contributed by atoms with Gasteiger partial charge >= 0.3 is 0 Å². The van der Waals surface area contributed by atoms with Gasteiger partial charge in [-0.05, 0) is 24.3 Å². The van der Waals surface area contributed by atoms with Crippen molar-refractivity contribution in [2.45, 2.75) is 6.61 Å². The molecule has 1 aliphatic rings. The summed E-state index contributed by atoms with van der Waals surface area (Å²) in [5.41, 5.74) is 1.49. The van der Waals surface area contributed by atoms with Crippen LogP contribution in [0, 0.1) is 5.82 Å². The fourth-order valence-electron chi connectivity index (χ4n) is 2.08. The minimum atomic E-state index is -0.408. The number of nitrogens with zero attached hydrogens (tertiary/aromatic N) is 1. The van der Waals surface area contributed by atoms with Gasteiger partial charge in [0.25, 0.3) is 0 Å². The molecule has 1 aliphatic heterocycles. The molecule has 1 N–H and O–H groups in total. The molecule has 0 saturated carbocycles. The molecule has 0 aliphatic carbocycles. The highest BCUT2D eigenvalue weighted by Gasteiger charge is 2.20. The first-order chi connectivity index (χ1) is 10.2. The van der Waals surface area contributed by atoms with Crippen molar-refractivity contribution in [1.82, 2.24) is 0 Å². The van der Waals surface area contributed by atoms with Crippen LogP contribution >= 0.6 is 11.6 Å². The molecule has 1 heterocycles. The lowest BCUT2D eigenvalue weighted by Crippen LogP contribution is -2.01. The molecule has 0 aromatic heterocycles. The van der Waals surface area contributed by atoms with Gasteiger partial charge < -0.3 is 14.7 Å². The summed E-state index contributed by atoms with van der Waals surface area (Å²) < 4.78 is 24.5. The van der Waals surface area contributed by atoms with Crippen LogP contribution in [0.2, 0.25) is 5.02 Å². The van der Waals surface area contributed by atoms with Crippen LogP contribution in [-0.2, 0) is 6.61 Å². The molecule has 0 saturated heterocycles. The zero-order valence-corrected chi connectivity index (χ0v) is 11.6. The van der Waals surface area contributed by atoms with E-state index in [-0.39, 0.29) is 13.2 Å². The first-order valence-corrected chi connectivity index (χ1v) is 6.60. The smallest absolute Gasteiger partial charge is 0.134 e. The van der Waals surface area contributed by atoms with E-state index in [1.165, 1.54) is 6.07 Å². The number of oxime groups is 1. The first kappa shape index (κ1) is 13.7. The number of rotatable bonds is 3. The molecule has 21 heavy (non-hydrogen) atoms. The Morgan fingerprint density at radius 2 is 2.19 bits per heavy atom. The van der Waals surface area contributed by atoms with Crippen molar-refractivity contribution in [2.75, 3.05) is 6.61 Å². The molecule has 0 spiro atoms. The second-order valence-corrected chi connectivity index (χ2v) is 4.89. The van der Waals surface area contributed by atoms with Crippen molar-refractivity contribution in [3.05, 3.63) is 58.4 Å². The molecule has 108 valence electrons. The third kappa shape index (κ3) is 2.64. The lowest BCUT2D eigenvalue weighted by Gasteiger charge is -2.09. The summed E-state index contributed by atoms with van der Waals surface area (Å²) in [4.78, 5) is 0. The van der Waals surface area contributed by atoms with Crippen LogP contribution in [0.3, 0.4) is 0 Å². The van der Waals surface area contributed by atoms with E-state index in [0.29, 0.717) is 33.4 Å². The Morgan fingerprint density at radius 1 is 1.33 bits per heavy atom. The Balaban J connectivity index is 1.78. The van der Waals surface area contributed by atoms with Crippen molar-refractivity contribution < 1.29 is 19.1 Å². The summed E-state index contributed by atoms with van der Waals surface area (Å²) in [5, 5.41) is 12.3. The molecule has 0 fully saturated rings. The highest BCUT2D eigenvalue weighted by molar-refractivity contribution is 6.31. The molecule has 4 nitrogen and oxygen atoms in total. The van der Waals surface area contributed by atoms with Crippen LogP contribution in [0.25, 0.3) is 0 Å². The van der Waals surface area contributed by atoms with E-state index in [0.717, 1.165) is 0 Å². The van der Waals surface area contributed by atoms with Crippen molar-refractivity contribution >= 4 is 17.3 Å². The summed E-state index contributed by atoms with van der Waals surface area (Å²) in [7, 11) is 0. The highest BCUT2D eigenvalue weighted by atomic mass is 35.5. The average Bonchev–Trinajstić information content (AvgIpc) is 2.89. The van der Waals surface area contributed by atoms with Gasteiger partial charge in [0.05, 0.1) is 5.02 Å². The van der Waals surface area contributed by atoms with Crippen molar-refractivity contribution in [2.24, 2.45) is 5.16 Å². The molecule has 0 radical (unpaired) electrons. The molecular weight excluding hydrogens is 297 g/mol. The van der Waals surface area contributed by atoms with Crippen molar-refractivity contribution in [1.29, 1.82) is 0 Å². The van der Waals surface area contributed by atoms with Crippen LogP contribution in [0.5, 0.6) is 11.5 Å². The van der Waals surface area contributed by atoms with Crippen molar-refractivity contribution in [3.8, 4) is 11.5 Å². The molecule has 6 heteroatoms. The lowest BCUT2D eigenvalue weighted by molar-refractivity contribution is 0.297. The van der Waals surface area contributed by atoms with Gasteiger partial charge in [0.1, 0.15) is 36.2 Å². The number of halogens is 2. The topological polar surface area (TPSA) is 51.1 Å². The minimum absolute atomic E-state index is 0.0191. The Morgan fingerprint density at radius 3 is 2.95 bits per heavy atom. The third-order valence-corrected chi connectivity index (χ3v) is 3.55. The second-order valence-electron chi connectivity index (χ2n) is 4.48.